The van der Waals surface area contributed by atoms with Gasteiger partial charge in [0.25, 0.3) is 0 Å². The lowest BCUT2D eigenvalue weighted by atomic mass is 9.96. The van der Waals surface area contributed by atoms with Crippen molar-refractivity contribution in [3.8, 4) is 0 Å². The van der Waals surface area contributed by atoms with Crippen molar-refractivity contribution in [2.75, 3.05) is 50.8 Å². The van der Waals surface area contributed by atoms with Crippen LogP contribution in [0.5, 0.6) is 0 Å². The summed E-state index contributed by atoms with van der Waals surface area (Å²) in [5.74, 6) is 1.59. The Hall–Kier alpha value is -2.26. The Morgan fingerprint density at radius 1 is 1.31 bits per heavy atom. The van der Waals surface area contributed by atoms with Crippen molar-refractivity contribution in [3.63, 3.8) is 0 Å². The Bertz CT molecular complexity index is 833. The normalized spacial score (nSPS) is 24.3. The van der Waals surface area contributed by atoms with Crippen molar-refractivity contribution < 1.29 is 9.53 Å². The third-order valence-electron chi connectivity index (χ3n) is 6.22. The minimum atomic E-state index is -0.0579. The monoisotopic (exact) mass is 401 g/mol. The summed E-state index contributed by atoms with van der Waals surface area (Å²) < 4.78 is 7.33. The number of anilines is 1. The second kappa shape index (κ2) is 8.62. The molecule has 9 nitrogen and oxygen atoms in total. The molecule has 0 aliphatic carbocycles. The Balaban J connectivity index is 1.39. The molecule has 0 radical (unpaired) electrons. The van der Waals surface area contributed by atoms with Crippen molar-refractivity contribution in [1.82, 2.24) is 29.8 Å². The zero-order chi connectivity index (χ0) is 20.4. The smallest absolute Gasteiger partial charge is 0.225 e. The first kappa shape index (κ1) is 20.0. The van der Waals surface area contributed by atoms with Gasteiger partial charge in [0.1, 0.15) is 6.33 Å². The average Bonchev–Trinajstić information content (AvgIpc) is 3.35. The van der Waals surface area contributed by atoms with Gasteiger partial charge in [0.2, 0.25) is 11.6 Å². The lowest BCUT2D eigenvalue weighted by Crippen LogP contribution is -2.52. The second-order valence-corrected chi connectivity index (χ2v) is 8.51. The average molecular weight is 402 g/mol. The summed E-state index contributed by atoms with van der Waals surface area (Å²) >= 11 is 0. The quantitative estimate of drug-likeness (QED) is 0.761. The molecule has 158 valence electrons. The number of amides is 1. The largest absolute Gasteiger partial charge is 0.379 e. The van der Waals surface area contributed by atoms with E-state index in [0.717, 1.165) is 44.3 Å². The molecule has 1 N–H and O–H groups in total. The number of carbonyl (C=O) groups excluding carboxylic acids is 1. The summed E-state index contributed by atoms with van der Waals surface area (Å²) in [4.78, 5) is 22.1. The van der Waals surface area contributed by atoms with E-state index in [1.807, 2.05) is 10.6 Å². The van der Waals surface area contributed by atoms with Gasteiger partial charge in [0, 0.05) is 51.2 Å². The predicted molar refractivity (Wildman–Crippen MR) is 110 cm³/mol. The third-order valence-corrected chi connectivity index (χ3v) is 6.22. The van der Waals surface area contributed by atoms with E-state index in [4.69, 9.17) is 4.74 Å². The van der Waals surface area contributed by atoms with Crippen molar-refractivity contribution >= 4 is 17.4 Å². The van der Waals surface area contributed by atoms with Gasteiger partial charge in [-0.25, -0.2) is 4.98 Å². The fourth-order valence-electron chi connectivity index (χ4n) is 4.48. The molecule has 9 heteroatoms. The number of hydrogen-bond donors (Lipinski definition) is 1. The maximum Gasteiger partial charge on any atom is 0.225 e. The molecular weight excluding hydrogens is 370 g/mol. The number of rotatable bonds is 6. The Labute approximate surface area is 171 Å². The highest BCUT2D eigenvalue weighted by molar-refractivity contribution is 5.81. The maximum atomic E-state index is 13.0. The molecule has 2 aliphatic rings. The van der Waals surface area contributed by atoms with E-state index in [1.165, 1.54) is 0 Å². The van der Waals surface area contributed by atoms with Crippen molar-refractivity contribution in [2.45, 2.75) is 26.8 Å². The van der Waals surface area contributed by atoms with Crippen LogP contribution in [0.4, 0.5) is 5.82 Å². The Kier molecular flexibility index (Phi) is 5.96. The summed E-state index contributed by atoms with van der Waals surface area (Å²) in [5.41, 5.74) is 0.730. The van der Waals surface area contributed by atoms with Gasteiger partial charge in [-0.3, -0.25) is 14.1 Å². The fourth-order valence-corrected chi connectivity index (χ4v) is 4.48. The highest BCUT2D eigenvalue weighted by Gasteiger charge is 2.37. The summed E-state index contributed by atoms with van der Waals surface area (Å²) in [6.07, 6.45) is 5.25. The third kappa shape index (κ3) is 4.20. The second-order valence-electron chi connectivity index (χ2n) is 8.51. The molecule has 2 saturated heterocycles. The van der Waals surface area contributed by atoms with Crippen LogP contribution >= 0.6 is 0 Å². The summed E-state index contributed by atoms with van der Waals surface area (Å²) in [6, 6.07) is 0.335. The van der Waals surface area contributed by atoms with E-state index >= 15 is 0 Å². The summed E-state index contributed by atoms with van der Waals surface area (Å²) in [5, 5.41) is 11.4. The minimum absolute atomic E-state index is 0.0579. The van der Waals surface area contributed by atoms with Gasteiger partial charge in [0.15, 0.2) is 5.82 Å². The van der Waals surface area contributed by atoms with Gasteiger partial charge in [-0.05, 0) is 11.8 Å². The molecule has 0 bridgehead atoms. The van der Waals surface area contributed by atoms with Crippen LogP contribution in [0, 0.1) is 17.8 Å². The molecule has 0 spiro atoms. The number of aromatic nitrogens is 4. The summed E-state index contributed by atoms with van der Waals surface area (Å²) in [7, 11) is 0. The lowest BCUT2D eigenvalue weighted by Gasteiger charge is -2.37. The first-order chi connectivity index (χ1) is 14.0. The molecule has 2 aliphatic heterocycles. The van der Waals surface area contributed by atoms with E-state index in [0.29, 0.717) is 25.0 Å². The first-order valence-corrected chi connectivity index (χ1v) is 10.5. The fraction of sp³-hybridized carbons (Fsp3) is 0.700. The van der Waals surface area contributed by atoms with E-state index < -0.39 is 0 Å². The van der Waals surface area contributed by atoms with Gasteiger partial charge < -0.3 is 15.0 Å². The number of ether oxygens (including phenoxy) is 1. The maximum absolute atomic E-state index is 13.0. The van der Waals surface area contributed by atoms with Gasteiger partial charge in [-0.1, -0.05) is 20.8 Å². The van der Waals surface area contributed by atoms with Crippen LogP contribution in [0.1, 0.15) is 20.8 Å². The number of nitrogens with one attached hydrogen (secondary N) is 1. The van der Waals surface area contributed by atoms with Gasteiger partial charge in [-0.15, -0.1) is 10.2 Å². The van der Waals surface area contributed by atoms with Crippen LogP contribution in [0.25, 0.3) is 5.65 Å². The molecule has 0 saturated carbocycles. The molecule has 2 aromatic heterocycles. The SMILES string of the molecule is CC(C)[C@H](CNC(=O)[C@H]1CN(c2nccn3cnnc23)C[C@H]1C)N1CCOCC1. The molecule has 3 atom stereocenters. The number of morpholine rings is 1. The van der Waals surface area contributed by atoms with Crippen LogP contribution < -0.4 is 10.2 Å². The first-order valence-electron chi connectivity index (χ1n) is 10.5. The molecule has 2 fully saturated rings. The molecule has 1 amide bonds. The molecule has 4 rings (SSSR count). The van der Waals surface area contributed by atoms with Crippen molar-refractivity contribution in [2.24, 2.45) is 17.8 Å². The van der Waals surface area contributed by atoms with Gasteiger partial charge in [-0.2, -0.15) is 0 Å². The van der Waals surface area contributed by atoms with Crippen LogP contribution in [-0.4, -0.2) is 82.4 Å². The van der Waals surface area contributed by atoms with Crippen LogP contribution in [0.3, 0.4) is 0 Å². The molecule has 29 heavy (non-hydrogen) atoms. The lowest BCUT2D eigenvalue weighted by molar-refractivity contribution is -0.125. The Morgan fingerprint density at radius 3 is 2.86 bits per heavy atom. The van der Waals surface area contributed by atoms with Crippen molar-refractivity contribution in [1.29, 1.82) is 0 Å². The molecule has 4 heterocycles. The molecular formula is C20H31N7O2. The topological polar surface area (TPSA) is 87.9 Å². The number of hydrogen-bond acceptors (Lipinski definition) is 7. The van der Waals surface area contributed by atoms with E-state index in [-0.39, 0.29) is 17.7 Å². The highest BCUT2D eigenvalue weighted by atomic mass is 16.5. The zero-order valence-electron chi connectivity index (χ0n) is 17.5. The molecule has 0 unspecified atom stereocenters. The summed E-state index contributed by atoms with van der Waals surface area (Å²) in [6.45, 7) is 12.1. The number of nitrogens with zero attached hydrogens (tertiary/aromatic N) is 6. The Morgan fingerprint density at radius 2 is 2.10 bits per heavy atom. The standard InChI is InChI=1S/C20H31N7O2/c1-14(2)17(25-6-8-29-9-7-25)10-22-20(28)16-12-27(11-15(16)3)18-19-24-23-13-26(19)5-4-21-18/h4-5,13-17H,6-12H2,1-3H3,(H,22,28)/t15-,16+,17+/m1/s1. The van der Waals surface area contributed by atoms with Crippen molar-refractivity contribution in [3.05, 3.63) is 18.7 Å². The minimum Gasteiger partial charge on any atom is -0.379 e. The zero-order valence-corrected chi connectivity index (χ0v) is 17.5. The van der Waals surface area contributed by atoms with E-state index in [1.54, 1.807) is 12.5 Å². The highest BCUT2D eigenvalue weighted by Crippen LogP contribution is 2.29. The molecule has 2 aromatic rings. The van der Waals surface area contributed by atoms with Crippen LogP contribution in [-0.2, 0) is 9.53 Å². The number of carbonyl (C=O) groups is 1. The predicted octanol–water partition coefficient (Wildman–Crippen LogP) is 0.670. The van der Waals surface area contributed by atoms with E-state index in [2.05, 4.69) is 51.1 Å². The molecule has 0 aromatic carbocycles. The number of fused-ring (bicyclic) bond motifs is 1. The van der Waals surface area contributed by atoms with E-state index in [9.17, 15) is 4.79 Å². The van der Waals surface area contributed by atoms with Gasteiger partial charge in [0.05, 0.1) is 19.1 Å². The van der Waals surface area contributed by atoms with Crippen LogP contribution in [0.15, 0.2) is 18.7 Å². The van der Waals surface area contributed by atoms with Crippen LogP contribution in [0.2, 0.25) is 0 Å². The van der Waals surface area contributed by atoms with Gasteiger partial charge >= 0.3 is 0 Å².